The van der Waals surface area contributed by atoms with Gasteiger partial charge in [-0.15, -0.1) is 0 Å². The van der Waals surface area contributed by atoms with Gasteiger partial charge in [0.1, 0.15) is 11.5 Å². The van der Waals surface area contributed by atoms with Gasteiger partial charge in [0, 0.05) is 24.0 Å². The Labute approximate surface area is 151 Å². The van der Waals surface area contributed by atoms with Gasteiger partial charge in [-0.25, -0.2) is 9.37 Å². The number of nitrogens with zero attached hydrogens (tertiary/aromatic N) is 1. The van der Waals surface area contributed by atoms with Gasteiger partial charge in [0.15, 0.2) is 11.7 Å². The fourth-order valence-corrected chi connectivity index (χ4v) is 2.79. The second-order valence-corrected chi connectivity index (χ2v) is 6.11. The Morgan fingerprint density at radius 3 is 2.38 bits per heavy atom. The summed E-state index contributed by atoms with van der Waals surface area (Å²) >= 11 is 0. The normalized spacial score (nSPS) is 10.8. The fourth-order valence-electron chi connectivity index (χ4n) is 2.79. The Balaban J connectivity index is 1.81. The molecule has 26 heavy (non-hydrogen) atoms. The second kappa shape index (κ2) is 8.43. The highest BCUT2D eigenvalue weighted by Gasteiger charge is 2.16. The van der Waals surface area contributed by atoms with Crippen molar-refractivity contribution in [3.8, 4) is 22.6 Å². The molecule has 0 fully saturated rings. The lowest BCUT2D eigenvalue weighted by molar-refractivity contribution is -0.137. The third-order valence-corrected chi connectivity index (χ3v) is 4.11. The van der Waals surface area contributed by atoms with E-state index in [2.05, 4.69) is 4.98 Å². The van der Waals surface area contributed by atoms with Crippen molar-refractivity contribution in [1.82, 2.24) is 4.98 Å². The van der Waals surface area contributed by atoms with Crippen LogP contribution in [0.1, 0.15) is 31.6 Å². The Hall–Kier alpha value is -2.95. The van der Waals surface area contributed by atoms with E-state index >= 15 is 0 Å². The molecule has 0 aliphatic heterocycles. The van der Waals surface area contributed by atoms with Crippen molar-refractivity contribution < 1.29 is 18.7 Å². The van der Waals surface area contributed by atoms with E-state index in [1.165, 1.54) is 12.1 Å². The van der Waals surface area contributed by atoms with E-state index in [1.807, 2.05) is 30.3 Å². The highest BCUT2D eigenvalue weighted by atomic mass is 19.1. The van der Waals surface area contributed by atoms with Gasteiger partial charge in [-0.05, 0) is 37.1 Å². The number of carboxylic acid groups (broad SMARTS) is 1. The first-order chi connectivity index (χ1) is 12.6. The van der Waals surface area contributed by atoms with E-state index < -0.39 is 5.97 Å². The molecule has 3 aromatic rings. The molecular weight excluding hydrogens is 333 g/mol. The van der Waals surface area contributed by atoms with Gasteiger partial charge in [0.2, 0.25) is 0 Å². The predicted molar refractivity (Wildman–Crippen MR) is 97.1 cm³/mol. The monoisotopic (exact) mass is 353 g/mol. The third-order valence-electron chi connectivity index (χ3n) is 4.11. The molecule has 1 aromatic heterocycles. The molecule has 3 rings (SSSR count). The van der Waals surface area contributed by atoms with E-state index in [1.54, 1.807) is 12.1 Å². The minimum Gasteiger partial charge on any atom is -0.481 e. The first-order valence-corrected chi connectivity index (χ1v) is 8.66. The molecule has 0 spiro atoms. The van der Waals surface area contributed by atoms with Crippen molar-refractivity contribution >= 4 is 5.97 Å². The van der Waals surface area contributed by atoms with Crippen LogP contribution in [-0.2, 0) is 11.2 Å². The Kier molecular flexibility index (Phi) is 5.79. The Morgan fingerprint density at radius 1 is 0.962 bits per heavy atom. The van der Waals surface area contributed by atoms with E-state index in [-0.39, 0.29) is 12.2 Å². The average Bonchev–Trinajstić information content (AvgIpc) is 3.07. The van der Waals surface area contributed by atoms with Crippen LogP contribution in [0, 0.1) is 5.82 Å². The highest BCUT2D eigenvalue weighted by Crippen LogP contribution is 2.33. The number of carbonyl (C=O) groups is 1. The van der Waals surface area contributed by atoms with Crippen molar-refractivity contribution in [3.05, 3.63) is 66.3 Å². The maximum absolute atomic E-state index is 13.2. The van der Waals surface area contributed by atoms with Gasteiger partial charge in [-0.2, -0.15) is 0 Å². The molecule has 134 valence electrons. The molecule has 1 heterocycles. The summed E-state index contributed by atoms with van der Waals surface area (Å²) in [6.07, 6.45) is 3.08. The van der Waals surface area contributed by atoms with Crippen LogP contribution >= 0.6 is 0 Å². The first kappa shape index (κ1) is 17.9. The molecular formula is C21H20FNO3. The maximum Gasteiger partial charge on any atom is 0.303 e. The summed E-state index contributed by atoms with van der Waals surface area (Å²) in [6, 6.07) is 15.9. The highest BCUT2D eigenvalue weighted by molar-refractivity contribution is 5.76. The number of unbranched alkanes of at least 4 members (excludes halogenated alkanes) is 2. The lowest BCUT2D eigenvalue weighted by atomic mass is 10.1. The lowest BCUT2D eigenvalue weighted by Crippen LogP contribution is -1.94. The van der Waals surface area contributed by atoms with Crippen molar-refractivity contribution in [3.63, 3.8) is 0 Å². The minimum absolute atomic E-state index is 0.182. The van der Waals surface area contributed by atoms with Crippen molar-refractivity contribution in [2.75, 3.05) is 0 Å². The van der Waals surface area contributed by atoms with Crippen LogP contribution in [0.5, 0.6) is 0 Å². The molecule has 0 aliphatic rings. The van der Waals surface area contributed by atoms with Gasteiger partial charge < -0.3 is 9.52 Å². The molecule has 0 radical (unpaired) electrons. The molecule has 0 saturated heterocycles. The van der Waals surface area contributed by atoms with E-state index in [4.69, 9.17) is 9.52 Å². The maximum atomic E-state index is 13.2. The zero-order valence-electron chi connectivity index (χ0n) is 14.3. The molecule has 0 unspecified atom stereocenters. The average molecular weight is 353 g/mol. The van der Waals surface area contributed by atoms with Crippen LogP contribution in [0.25, 0.3) is 22.6 Å². The molecule has 0 aliphatic carbocycles. The van der Waals surface area contributed by atoms with E-state index in [0.29, 0.717) is 24.5 Å². The summed E-state index contributed by atoms with van der Waals surface area (Å²) < 4.78 is 19.2. The largest absolute Gasteiger partial charge is 0.481 e. The summed E-state index contributed by atoms with van der Waals surface area (Å²) in [5, 5.41) is 8.68. The zero-order chi connectivity index (χ0) is 18.4. The minimum atomic E-state index is -0.772. The van der Waals surface area contributed by atoms with Gasteiger partial charge >= 0.3 is 5.97 Å². The number of halogens is 1. The molecule has 0 atom stereocenters. The number of hydrogen-bond donors (Lipinski definition) is 1. The van der Waals surface area contributed by atoms with Crippen LogP contribution in [-0.4, -0.2) is 16.1 Å². The van der Waals surface area contributed by atoms with Gasteiger partial charge in [0.05, 0.1) is 0 Å². The number of aliphatic carboxylic acids is 1. The molecule has 0 amide bonds. The summed E-state index contributed by atoms with van der Waals surface area (Å²) in [5.74, 6) is 0.162. The number of hydrogen-bond acceptors (Lipinski definition) is 3. The topological polar surface area (TPSA) is 63.3 Å². The Bertz CT molecular complexity index is 857. The summed E-state index contributed by atoms with van der Waals surface area (Å²) in [5.41, 5.74) is 2.44. The molecule has 0 bridgehead atoms. The van der Waals surface area contributed by atoms with Gasteiger partial charge in [-0.1, -0.05) is 36.8 Å². The molecule has 5 heteroatoms. The van der Waals surface area contributed by atoms with Gasteiger partial charge in [-0.3, -0.25) is 4.79 Å². The zero-order valence-corrected chi connectivity index (χ0v) is 14.3. The first-order valence-electron chi connectivity index (χ1n) is 8.66. The standard InChI is InChI=1S/C21H20FNO3/c22-17-13-11-16(12-14-17)21-20(15-7-3-1-4-8-15)23-18(26-21)9-5-2-6-10-19(24)25/h1,3-4,7-8,11-14H,2,5-6,9-10H2,(H,24,25). The number of rotatable bonds is 8. The second-order valence-electron chi connectivity index (χ2n) is 6.11. The number of carboxylic acids is 1. The van der Waals surface area contributed by atoms with Crippen molar-refractivity contribution in [2.24, 2.45) is 0 Å². The van der Waals surface area contributed by atoms with Crippen LogP contribution in [0.3, 0.4) is 0 Å². The quantitative estimate of drug-likeness (QED) is 0.556. The Morgan fingerprint density at radius 2 is 1.69 bits per heavy atom. The molecule has 2 aromatic carbocycles. The predicted octanol–water partition coefficient (Wildman–Crippen LogP) is 5.34. The molecule has 0 saturated carbocycles. The van der Waals surface area contributed by atoms with E-state index in [9.17, 15) is 9.18 Å². The number of aryl methyl sites for hydroxylation is 1. The van der Waals surface area contributed by atoms with E-state index in [0.717, 1.165) is 29.7 Å². The van der Waals surface area contributed by atoms with Crippen LogP contribution in [0.15, 0.2) is 59.0 Å². The number of benzene rings is 2. The van der Waals surface area contributed by atoms with Crippen LogP contribution in [0.4, 0.5) is 4.39 Å². The summed E-state index contributed by atoms with van der Waals surface area (Å²) in [6.45, 7) is 0. The number of oxazole rings is 1. The third kappa shape index (κ3) is 4.57. The molecule has 1 N–H and O–H groups in total. The molecule has 4 nitrogen and oxygen atoms in total. The number of aromatic nitrogens is 1. The fraction of sp³-hybridized carbons (Fsp3) is 0.238. The smallest absolute Gasteiger partial charge is 0.303 e. The van der Waals surface area contributed by atoms with Crippen LogP contribution < -0.4 is 0 Å². The van der Waals surface area contributed by atoms with Crippen LogP contribution in [0.2, 0.25) is 0 Å². The van der Waals surface area contributed by atoms with Crippen molar-refractivity contribution in [1.29, 1.82) is 0 Å². The summed E-state index contributed by atoms with van der Waals surface area (Å²) in [4.78, 5) is 15.2. The SMILES string of the molecule is O=C(O)CCCCCc1nc(-c2ccccc2)c(-c2ccc(F)cc2)o1. The summed E-state index contributed by atoms with van der Waals surface area (Å²) in [7, 11) is 0. The lowest BCUT2D eigenvalue weighted by Gasteiger charge is -2.01. The van der Waals surface area contributed by atoms with Crippen molar-refractivity contribution in [2.45, 2.75) is 32.1 Å². The van der Waals surface area contributed by atoms with Gasteiger partial charge in [0.25, 0.3) is 0 Å².